The lowest BCUT2D eigenvalue weighted by atomic mass is 9.97. The Morgan fingerprint density at radius 1 is 1.29 bits per heavy atom. The average molecular weight is 391 g/mol. The summed E-state index contributed by atoms with van der Waals surface area (Å²) >= 11 is 0. The molecule has 2 aliphatic heterocycles. The molecule has 150 valence electrons. The van der Waals surface area contributed by atoms with Gasteiger partial charge in [-0.15, -0.1) is 0 Å². The van der Waals surface area contributed by atoms with Gasteiger partial charge in [-0.1, -0.05) is 0 Å². The van der Waals surface area contributed by atoms with Crippen LogP contribution in [0, 0.1) is 0 Å². The van der Waals surface area contributed by atoms with Crippen molar-refractivity contribution in [1.29, 1.82) is 0 Å². The maximum Gasteiger partial charge on any atom is 0.328 e. The molecule has 28 heavy (non-hydrogen) atoms. The molecule has 2 fully saturated rings. The third-order valence-corrected chi connectivity index (χ3v) is 4.81. The highest BCUT2D eigenvalue weighted by atomic mass is 16.8. The molecule has 2 N–H and O–H groups in total. The molecule has 2 aromatic rings. The van der Waals surface area contributed by atoms with E-state index in [1.807, 2.05) is 0 Å². The zero-order valence-corrected chi connectivity index (χ0v) is 15.4. The molecule has 1 amide bonds. The van der Waals surface area contributed by atoms with Crippen molar-refractivity contribution in [2.45, 2.75) is 44.0 Å². The lowest BCUT2D eigenvalue weighted by molar-refractivity contribution is -0.153. The van der Waals surface area contributed by atoms with Gasteiger partial charge in [-0.3, -0.25) is 19.1 Å². The second-order valence-electron chi connectivity index (χ2n) is 7.21. The average Bonchev–Trinajstić information content (AvgIpc) is 3.27. The fourth-order valence-corrected chi connectivity index (χ4v) is 3.60. The smallest absolute Gasteiger partial charge is 0.328 e. The second kappa shape index (κ2) is 7.04. The molecule has 0 radical (unpaired) electrons. The number of nitrogens with zero attached hydrogens (tertiary/aromatic N) is 1. The van der Waals surface area contributed by atoms with Crippen molar-refractivity contribution in [3.63, 3.8) is 0 Å². The van der Waals surface area contributed by atoms with Crippen LogP contribution in [0.2, 0.25) is 0 Å². The first kappa shape index (κ1) is 18.7. The van der Waals surface area contributed by atoms with Gasteiger partial charge < -0.3 is 23.9 Å². The number of hydrogen-bond acceptors (Lipinski definition) is 7. The largest absolute Gasteiger partial charge is 0.459 e. The van der Waals surface area contributed by atoms with E-state index in [-0.39, 0.29) is 24.8 Å². The Hall–Kier alpha value is -2.69. The van der Waals surface area contributed by atoms with Gasteiger partial charge in [0.05, 0.1) is 18.9 Å². The van der Waals surface area contributed by atoms with Crippen molar-refractivity contribution < 1.29 is 23.4 Å². The minimum absolute atomic E-state index is 0.161. The molecule has 4 rings (SSSR count). The third kappa shape index (κ3) is 3.53. The number of furan rings is 1. The van der Waals surface area contributed by atoms with Crippen LogP contribution in [0.5, 0.6) is 0 Å². The van der Waals surface area contributed by atoms with E-state index in [0.29, 0.717) is 0 Å². The number of aromatic amines is 1. The van der Waals surface area contributed by atoms with Crippen molar-refractivity contribution in [1.82, 2.24) is 14.9 Å². The summed E-state index contributed by atoms with van der Waals surface area (Å²) in [6, 6.07) is 3.99. The number of carbonyl (C=O) groups excluding carboxylic acids is 1. The topological polar surface area (TPSA) is 125 Å². The van der Waals surface area contributed by atoms with E-state index in [2.05, 4.69) is 10.3 Å². The number of H-pyrrole nitrogens is 1. The molecule has 0 saturated carbocycles. The maximum atomic E-state index is 12.2. The first-order chi connectivity index (χ1) is 13.3. The van der Waals surface area contributed by atoms with Gasteiger partial charge in [0.1, 0.15) is 18.3 Å². The lowest BCUT2D eigenvalue weighted by Crippen LogP contribution is -2.54. The molecular formula is C18H21N3O7. The molecule has 2 aromatic heterocycles. The number of ether oxygens (including phenoxy) is 3. The Morgan fingerprint density at radius 2 is 2.07 bits per heavy atom. The predicted molar refractivity (Wildman–Crippen MR) is 95.0 cm³/mol. The summed E-state index contributed by atoms with van der Waals surface area (Å²) in [6.07, 6.45) is 1.37. The van der Waals surface area contributed by atoms with Gasteiger partial charge in [0.15, 0.2) is 11.5 Å². The number of fused-ring (bicyclic) bond motifs is 1. The molecule has 10 nitrogen and oxygen atoms in total. The summed E-state index contributed by atoms with van der Waals surface area (Å²) in [5.74, 6) is -1.03. The van der Waals surface area contributed by atoms with Crippen LogP contribution < -0.4 is 16.6 Å². The van der Waals surface area contributed by atoms with Gasteiger partial charge in [-0.25, -0.2) is 4.79 Å². The van der Waals surface area contributed by atoms with Crippen molar-refractivity contribution in [2.75, 3.05) is 13.2 Å². The summed E-state index contributed by atoms with van der Waals surface area (Å²) in [7, 11) is 0. The van der Waals surface area contributed by atoms with E-state index in [1.165, 1.54) is 23.1 Å². The van der Waals surface area contributed by atoms with Crippen molar-refractivity contribution in [3.05, 3.63) is 57.3 Å². The van der Waals surface area contributed by atoms with Gasteiger partial charge in [0.25, 0.3) is 11.5 Å². The quantitative estimate of drug-likeness (QED) is 0.753. The summed E-state index contributed by atoms with van der Waals surface area (Å²) in [5.41, 5.74) is -1.02. The molecule has 0 unspecified atom stereocenters. The normalized spacial score (nSPS) is 28.6. The Labute approximate surface area is 159 Å². The van der Waals surface area contributed by atoms with E-state index in [1.54, 1.807) is 26.0 Å². The van der Waals surface area contributed by atoms with E-state index in [4.69, 9.17) is 18.6 Å². The second-order valence-corrected chi connectivity index (χ2v) is 7.21. The molecule has 4 heterocycles. The molecule has 4 atom stereocenters. The van der Waals surface area contributed by atoms with Crippen LogP contribution in [0.3, 0.4) is 0 Å². The Balaban J connectivity index is 1.53. The summed E-state index contributed by atoms with van der Waals surface area (Å²) in [4.78, 5) is 37.9. The van der Waals surface area contributed by atoms with Gasteiger partial charge in [-0.05, 0) is 26.0 Å². The molecule has 0 aromatic carbocycles. The van der Waals surface area contributed by atoms with E-state index in [9.17, 15) is 14.4 Å². The standard InChI is InChI=1S/C18H21N3O7/c1-18(2)27-14-10(21-6-5-13(22)20-17(21)24)9-26-12(15(14)28-18)8-19-16(23)11-4-3-7-25-11/h3-7,10,12,14-15H,8-9H2,1-2H3,(H,19,23)(H,20,22,24)/t10-,12-,14+,15-/m1/s1. The highest BCUT2D eigenvalue weighted by molar-refractivity contribution is 5.91. The molecular weight excluding hydrogens is 370 g/mol. The summed E-state index contributed by atoms with van der Waals surface area (Å²) in [6.45, 7) is 3.90. The van der Waals surface area contributed by atoms with Gasteiger partial charge in [-0.2, -0.15) is 0 Å². The number of amides is 1. The predicted octanol–water partition coefficient (Wildman–Crippen LogP) is 0.0196. The zero-order valence-electron chi connectivity index (χ0n) is 15.4. The molecule has 2 aliphatic rings. The Bertz CT molecular complexity index is 962. The third-order valence-electron chi connectivity index (χ3n) is 4.81. The lowest BCUT2D eigenvalue weighted by Gasteiger charge is -2.37. The van der Waals surface area contributed by atoms with E-state index in [0.717, 1.165) is 0 Å². The maximum absolute atomic E-state index is 12.2. The fraction of sp³-hybridized carbons (Fsp3) is 0.500. The number of carbonyl (C=O) groups is 1. The number of hydrogen-bond donors (Lipinski definition) is 2. The minimum atomic E-state index is -0.879. The fourth-order valence-electron chi connectivity index (χ4n) is 3.60. The van der Waals surface area contributed by atoms with Gasteiger partial charge in [0, 0.05) is 18.8 Å². The number of nitrogens with one attached hydrogen (secondary N) is 2. The van der Waals surface area contributed by atoms with Crippen LogP contribution in [-0.4, -0.2) is 52.7 Å². The van der Waals surface area contributed by atoms with Crippen molar-refractivity contribution >= 4 is 5.91 Å². The molecule has 2 saturated heterocycles. The minimum Gasteiger partial charge on any atom is -0.459 e. The number of aromatic nitrogens is 2. The molecule has 10 heteroatoms. The van der Waals surface area contributed by atoms with Crippen LogP contribution in [0.25, 0.3) is 0 Å². The zero-order chi connectivity index (χ0) is 19.9. The van der Waals surface area contributed by atoms with Crippen molar-refractivity contribution in [2.24, 2.45) is 0 Å². The Morgan fingerprint density at radius 3 is 2.79 bits per heavy atom. The van der Waals surface area contributed by atoms with Crippen LogP contribution in [0.1, 0.15) is 30.4 Å². The summed E-state index contributed by atoms with van der Waals surface area (Å²) in [5, 5.41) is 2.76. The summed E-state index contributed by atoms with van der Waals surface area (Å²) < 4.78 is 24.4. The molecule has 0 spiro atoms. The van der Waals surface area contributed by atoms with Gasteiger partial charge >= 0.3 is 5.69 Å². The van der Waals surface area contributed by atoms with E-state index >= 15 is 0 Å². The van der Waals surface area contributed by atoms with E-state index < -0.39 is 41.4 Å². The number of rotatable bonds is 4. The first-order valence-corrected chi connectivity index (χ1v) is 8.94. The van der Waals surface area contributed by atoms with Crippen LogP contribution in [0.4, 0.5) is 0 Å². The van der Waals surface area contributed by atoms with Crippen molar-refractivity contribution in [3.8, 4) is 0 Å². The van der Waals surface area contributed by atoms with Crippen LogP contribution >= 0.6 is 0 Å². The SMILES string of the molecule is CC1(C)O[C@@H]2[C@H](O1)[C@@H](CNC(=O)c1ccco1)OC[C@H]2n1ccc(=O)[nH]c1=O. The molecule has 0 aliphatic carbocycles. The Kier molecular flexibility index (Phi) is 4.69. The molecule has 0 bridgehead atoms. The van der Waals surface area contributed by atoms with Crippen LogP contribution in [0.15, 0.2) is 44.7 Å². The van der Waals surface area contributed by atoms with Gasteiger partial charge in [0.2, 0.25) is 0 Å². The monoisotopic (exact) mass is 391 g/mol. The van der Waals surface area contributed by atoms with Crippen LogP contribution in [-0.2, 0) is 14.2 Å². The highest BCUT2D eigenvalue weighted by Gasteiger charge is 2.52. The highest BCUT2D eigenvalue weighted by Crippen LogP contribution is 2.39. The first-order valence-electron chi connectivity index (χ1n) is 8.94.